The minimum absolute atomic E-state index is 0.0281. The number of hydrogen-bond acceptors (Lipinski definition) is 6. The molecule has 3 aromatic rings. The number of fused-ring (bicyclic) bond motifs is 1. The maximum absolute atomic E-state index is 12.8. The summed E-state index contributed by atoms with van der Waals surface area (Å²) in [5, 5.41) is 4.04. The Bertz CT molecular complexity index is 942. The highest BCUT2D eigenvalue weighted by molar-refractivity contribution is 7.19. The zero-order chi connectivity index (χ0) is 18.1. The van der Waals surface area contributed by atoms with Crippen molar-refractivity contribution in [3.05, 3.63) is 44.7 Å². The van der Waals surface area contributed by atoms with E-state index in [-0.39, 0.29) is 11.9 Å². The lowest BCUT2D eigenvalue weighted by atomic mass is 10.1. The number of aryl methyl sites for hydroxylation is 2. The predicted octanol–water partition coefficient (Wildman–Crippen LogP) is 4.07. The number of ether oxygens (including phenoxy) is 2. The first kappa shape index (κ1) is 17.5. The molecule has 26 heavy (non-hydrogen) atoms. The van der Waals surface area contributed by atoms with Gasteiger partial charge in [-0.05, 0) is 38.5 Å². The molecule has 1 N–H and O–H groups in total. The second-order valence-corrected chi connectivity index (χ2v) is 8.57. The molecule has 0 radical (unpaired) electrons. The third-order valence-corrected chi connectivity index (χ3v) is 6.54. The average Bonchev–Trinajstić information content (AvgIpc) is 3.32. The van der Waals surface area contributed by atoms with Crippen LogP contribution in [-0.2, 0) is 11.3 Å². The predicted molar refractivity (Wildman–Crippen MR) is 104 cm³/mol. The van der Waals surface area contributed by atoms with Crippen LogP contribution in [0.1, 0.15) is 32.2 Å². The maximum atomic E-state index is 12.8. The van der Waals surface area contributed by atoms with Gasteiger partial charge in [0.15, 0.2) is 0 Å². The number of aromatic nitrogens is 1. The van der Waals surface area contributed by atoms with E-state index < -0.39 is 0 Å². The maximum Gasteiger partial charge on any atom is 0.253 e. The Labute approximate surface area is 160 Å². The van der Waals surface area contributed by atoms with Gasteiger partial charge in [0.05, 0.1) is 34.3 Å². The van der Waals surface area contributed by atoms with Crippen molar-refractivity contribution in [2.45, 2.75) is 32.9 Å². The normalized spacial score (nSPS) is 16.9. The number of carbonyl (C=O) groups excluding carboxylic acids is 1. The molecule has 1 aromatic carbocycles. The third-order valence-electron chi connectivity index (χ3n) is 4.54. The number of rotatable bonds is 5. The molecule has 0 aliphatic carbocycles. The number of amides is 1. The van der Waals surface area contributed by atoms with Crippen molar-refractivity contribution in [3.8, 4) is 5.75 Å². The number of carbonyl (C=O) groups is 1. The van der Waals surface area contributed by atoms with E-state index in [4.69, 9.17) is 9.47 Å². The van der Waals surface area contributed by atoms with Gasteiger partial charge in [-0.3, -0.25) is 4.79 Å². The summed E-state index contributed by atoms with van der Waals surface area (Å²) in [5.41, 5.74) is 3.58. The van der Waals surface area contributed by atoms with Crippen LogP contribution in [0.25, 0.3) is 10.1 Å². The molecule has 2 aromatic heterocycles. The van der Waals surface area contributed by atoms with Gasteiger partial charge in [-0.25, -0.2) is 4.98 Å². The van der Waals surface area contributed by atoms with Gasteiger partial charge in [0.2, 0.25) is 0 Å². The highest BCUT2D eigenvalue weighted by atomic mass is 32.1. The lowest BCUT2D eigenvalue weighted by Crippen LogP contribution is -2.35. The average molecular weight is 389 g/mol. The summed E-state index contributed by atoms with van der Waals surface area (Å²) in [5.74, 6) is 0.737. The van der Waals surface area contributed by atoms with Gasteiger partial charge in [-0.1, -0.05) is 0 Å². The molecule has 5 nitrogen and oxygen atoms in total. The quantitative estimate of drug-likeness (QED) is 0.716. The monoisotopic (exact) mass is 388 g/mol. The molecular formula is C19H20N2O3S2. The minimum atomic E-state index is -0.0281. The number of hydrogen-bond donors (Lipinski definition) is 1. The van der Waals surface area contributed by atoms with Gasteiger partial charge in [-0.15, -0.1) is 22.7 Å². The number of thiazole rings is 1. The fourth-order valence-corrected chi connectivity index (χ4v) is 4.82. The van der Waals surface area contributed by atoms with Crippen molar-refractivity contribution >= 4 is 38.7 Å². The standard InChI is InChI=1S/C19H20N2O3S2/c1-11-17(25-10-20-11)9-24-14-3-4-16-15(7-14)18(12(2)26-16)19(22)21-13-5-6-23-8-13/h3-4,7,10,13H,5-6,8-9H2,1-2H3,(H,21,22). The summed E-state index contributed by atoms with van der Waals surface area (Å²) in [6.45, 7) is 5.77. The Morgan fingerprint density at radius 1 is 1.42 bits per heavy atom. The van der Waals surface area contributed by atoms with Crippen LogP contribution in [0.15, 0.2) is 23.7 Å². The highest BCUT2D eigenvalue weighted by Crippen LogP contribution is 2.34. The number of nitrogens with one attached hydrogen (secondary N) is 1. The van der Waals surface area contributed by atoms with Crippen LogP contribution < -0.4 is 10.1 Å². The topological polar surface area (TPSA) is 60.5 Å². The lowest BCUT2D eigenvalue weighted by molar-refractivity contribution is 0.0931. The summed E-state index contributed by atoms with van der Waals surface area (Å²) in [6, 6.07) is 6.05. The molecular weight excluding hydrogens is 368 g/mol. The molecule has 1 amide bonds. The van der Waals surface area contributed by atoms with Gasteiger partial charge in [0.1, 0.15) is 12.4 Å². The first-order valence-electron chi connectivity index (χ1n) is 8.55. The molecule has 0 bridgehead atoms. The Hall–Kier alpha value is -1.96. The van der Waals surface area contributed by atoms with Gasteiger partial charge in [-0.2, -0.15) is 0 Å². The van der Waals surface area contributed by atoms with Crippen molar-refractivity contribution in [1.82, 2.24) is 10.3 Å². The Morgan fingerprint density at radius 2 is 2.31 bits per heavy atom. The molecule has 3 heterocycles. The van der Waals surface area contributed by atoms with E-state index in [1.165, 1.54) is 0 Å². The molecule has 1 aliphatic rings. The minimum Gasteiger partial charge on any atom is -0.488 e. The second kappa shape index (κ2) is 7.34. The zero-order valence-corrected chi connectivity index (χ0v) is 16.3. The first-order valence-corrected chi connectivity index (χ1v) is 10.2. The van der Waals surface area contributed by atoms with E-state index in [0.717, 1.165) is 43.3 Å². The zero-order valence-electron chi connectivity index (χ0n) is 14.7. The third kappa shape index (κ3) is 3.47. The molecule has 136 valence electrons. The fourth-order valence-electron chi connectivity index (χ4n) is 3.09. The molecule has 4 rings (SSSR count). The van der Waals surface area contributed by atoms with Crippen LogP contribution in [0.2, 0.25) is 0 Å². The Kier molecular flexibility index (Phi) is 4.93. The number of benzene rings is 1. The Balaban J connectivity index is 1.57. The second-order valence-electron chi connectivity index (χ2n) is 6.37. The van der Waals surface area contributed by atoms with Crippen molar-refractivity contribution in [3.63, 3.8) is 0 Å². The van der Waals surface area contributed by atoms with Gasteiger partial charge in [0.25, 0.3) is 5.91 Å². The number of nitrogens with zero attached hydrogens (tertiary/aromatic N) is 1. The Morgan fingerprint density at radius 3 is 3.04 bits per heavy atom. The van der Waals surface area contributed by atoms with Crippen LogP contribution in [0.3, 0.4) is 0 Å². The molecule has 1 atom stereocenters. The van der Waals surface area contributed by atoms with E-state index in [1.807, 2.05) is 37.6 Å². The van der Waals surface area contributed by atoms with E-state index in [0.29, 0.717) is 19.8 Å². The van der Waals surface area contributed by atoms with Crippen LogP contribution in [0.4, 0.5) is 0 Å². The van der Waals surface area contributed by atoms with E-state index in [1.54, 1.807) is 22.7 Å². The van der Waals surface area contributed by atoms with Crippen LogP contribution in [0.5, 0.6) is 5.75 Å². The summed E-state index contributed by atoms with van der Waals surface area (Å²) < 4.78 is 12.4. The van der Waals surface area contributed by atoms with Crippen molar-refractivity contribution in [1.29, 1.82) is 0 Å². The largest absolute Gasteiger partial charge is 0.488 e. The summed E-state index contributed by atoms with van der Waals surface area (Å²) in [6.07, 6.45) is 0.870. The smallest absolute Gasteiger partial charge is 0.253 e. The van der Waals surface area contributed by atoms with Gasteiger partial charge >= 0.3 is 0 Å². The molecule has 0 saturated carbocycles. The van der Waals surface area contributed by atoms with Crippen LogP contribution >= 0.6 is 22.7 Å². The van der Waals surface area contributed by atoms with E-state index in [2.05, 4.69) is 10.3 Å². The molecule has 7 heteroatoms. The van der Waals surface area contributed by atoms with E-state index >= 15 is 0 Å². The SMILES string of the molecule is Cc1ncsc1COc1ccc2sc(C)c(C(=O)NC3CCOC3)c2c1. The fraction of sp³-hybridized carbons (Fsp3) is 0.368. The summed E-state index contributed by atoms with van der Waals surface area (Å²) >= 11 is 3.23. The van der Waals surface area contributed by atoms with Gasteiger partial charge in [0, 0.05) is 21.6 Å². The van der Waals surface area contributed by atoms with Gasteiger partial charge < -0.3 is 14.8 Å². The summed E-state index contributed by atoms with van der Waals surface area (Å²) in [4.78, 5) is 19.2. The van der Waals surface area contributed by atoms with Crippen molar-refractivity contribution in [2.24, 2.45) is 0 Å². The molecule has 1 saturated heterocycles. The van der Waals surface area contributed by atoms with Crippen molar-refractivity contribution in [2.75, 3.05) is 13.2 Å². The highest BCUT2D eigenvalue weighted by Gasteiger charge is 2.22. The first-order chi connectivity index (χ1) is 12.6. The van der Waals surface area contributed by atoms with Crippen molar-refractivity contribution < 1.29 is 14.3 Å². The van der Waals surface area contributed by atoms with Crippen LogP contribution in [-0.4, -0.2) is 30.1 Å². The van der Waals surface area contributed by atoms with Crippen LogP contribution in [0, 0.1) is 13.8 Å². The molecule has 1 fully saturated rings. The molecule has 1 unspecified atom stereocenters. The lowest BCUT2D eigenvalue weighted by Gasteiger charge is -2.11. The summed E-state index contributed by atoms with van der Waals surface area (Å²) in [7, 11) is 0. The molecule has 1 aliphatic heterocycles. The number of thiophene rings is 1. The molecule has 0 spiro atoms. The van der Waals surface area contributed by atoms with E-state index in [9.17, 15) is 4.79 Å².